The Hall–Kier alpha value is -1.26. The van der Waals surface area contributed by atoms with E-state index in [1.165, 1.54) is 6.42 Å². The van der Waals surface area contributed by atoms with Crippen molar-refractivity contribution in [2.24, 2.45) is 0 Å². The normalized spacial score (nSPS) is 25.4. The summed E-state index contributed by atoms with van der Waals surface area (Å²) in [5.41, 5.74) is 0. The summed E-state index contributed by atoms with van der Waals surface area (Å²) in [6.07, 6.45) is 5.43. The van der Waals surface area contributed by atoms with Gasteiger partial charge in [-0.2, -0.15) is 0 Å². The van der Waals surface area contributed by atoms with Gasteiger partial charge in [0.1, 0.15) is 6.04 Å². The number of hydrogen-bond donors (Lipinski definition) is 2. The van der Waals surface area contributed by atoms with E-state index in [-0.39, 0.29) is 11.9 Å². The second-order valence-corrected chi connectivity index (χ2v) is 5.49. The van der Waals surface area contributed by atoms with Gasteiger partial charge in [-0.15, -0.1) is 0 Å². The molecule has 0 aromatic heterocycles. The summed E-state index contributed by atoms with van der Waals surface area (Å²) in [6.45, 7) is 4.65. The number of hydrogen-bond acceptors (Lipinski definition) is 2. The topological polar surface area (TPSA) is 61.4 Å². The van der Waals surface area contributed by atoms with Crippen molar-refractivity contribution < 1.29 is 9.59 Å². The zero-order valence-corrected chi connectivity index (χ0v) is 11.2. The van der Waals surface area contributed by atoms with Gasteiger partial charge in [0.2, 0.25) is 5.91 Å². The molecule has 2 rings (SSSR count). The first-order valence-corrected chi connectivity index (χ1v) is 6.95. The Balaban J connectivity index is 1.80. The highest BCUT2D eigenvalue weighted by Crippen LogP contribution is 2.19. The maximum atomic E-state index is 12.2. The molecule has 102 valence electrons. The van der Waals surface area contributed by atoms with Crippen LogP contribution in [0, 0.1) is 0 Å². The van der Waals surface area contributed by atoms with Crippen LogP contribution in [-0.2, 0) is 4.79 Å². The highest BCUT2D eigenvalue weighted by molar-refractivity contribution is 5.87. The predicted molar refractivity (Wildman–Crippen MR) is 69.2 cm³/mol. The van der Waals surface area contributed by atoms with Gasteiger partial charge in [-0.05, 0) is 46.0 Å². The first-order valence-electron chi connectivity index (χ1n) is 6.95. The van der Waals surface area contributed by atoms with Crippen LogP contribution in [0.1, 0.15) is 46.0 Å². The minimum absolute atomic E-state index is 0.0353. The van der Waals surface area contributed by atoms with Crippen LogP contribution >= 0.6 is 0 Å². The van der Waals surface area contributed by atoms with Crippen LogP contribution in [0.4, 0.5) is 4.79 Å². The summed E-state index contributed by atoms with van der Waals surface area (Å²) in [7, 11) is 0. The van der Waals surface area contributed by atoms with Crippen LogP contribution in [0.25, 0.3) is 0 Å². The number of rotatable bonds is 3. The summed E-state index contributed by atoms with van der Waals surface area (Å²) in [4.78, 5) is 25.7. The lowest BCUT2D eigenvalue weighted by Gasteiger charge is -2.35. The molecule has 5 heteroatoms. The van der Waals surface area contributed by atoms with Crippen molar-refractivity contribution in [3.05, 3.63) is 0 Å². The number of urea groups is 1. The van der Waals surface area contributed by atoms with E-state index in [2.05, 4.69) is 17.6 Å². The van der Waals surface area contributed by atoms with Gasteiger partial charge in [0.25, 0.3) is 0 Å². The van der Waals surface area contributed by atoms with Crippen molar-refractivity contribution in [1.29, 1.82) is 0 Å². The number of nitrogens with one attached hydrogen (secondary N) is 2. The minimum atomic E-state index is -0.440. The number of amides is 3. The first kappa shape index (κ1) is 13.2. The molecule has 5 nitrogen and oxygen atoms in total. The molecule has 1 saturated carbocycles. The molecular formula is C13H23N3O2. The number of carbonyl (C=O) groups is 2. The number of likely N-dealkylation sites (tertiary alicyclic amines) is 1. The second kappa shape index (κ2) is 5.59. The highest BCUT2D eigenvalue weighted by Gasteiger charge is 2.29. The van der Waals surface area contributed by atoms with E-state index in [1.54, 1.807) is 6.92 Å². The third-order valence-electron chi connectivity index (χ3n) is 3.72. The maximum Gasteiger partial charge on any atom is 0.315 e. The minimum Gasteiger partial charge on any atom is -0.338 e. The van der Waals surface area contributed by atoms with Gasteiger partial charge < -0.3 is 15.5 Å². The summed E-state index contributed by atoms with van der Waals surface area (Å²) in [5.74, 6) is 0.0353. The second-order valence-electron chi connectivity index (χ2n) is 5.49. The van der Waals surface area contributed by atoms with Crippen LogP contribution in [0.15, 0.2) is 0 Å². The smallest absolute Gasteiger partial charge is 0.315 e. The lowest BCUT2D eigenvalue weighted by Crippen LogP contribution is -2.53. The van der Waals surface area contributed by atoms with E-state index in [9.17, 15) is 9.59 Å². The van der Waals surface area contributed by atoms with Crippen LogP contribution in [0.3, 0.4) is 0 Å². The Morgan fingerprint density at radius 3 is 2.56 bits per heavy atom. The molecule has 18 heavy (non-hydrogen) atoms. The first-order chi connectivity index (χ1) is 8.58. The Morgan fingerprint density at radius 1 is 1.22 bits per heavy atom. The molecule has 1 aliphatic carbocycles. The van der Waals surface area contributed by atoms with Crippen molar-refractivity contribution in [1.82, 2.24) is 15.5 Å². The van der Waals surface area contributed by atoms with Gasteiger partial charge in [-0.3, -0.25) is 4.79 Å². The molecule has 1 heterocycles. The third-order valence-corrected chi connectivity index (χ3v) is 3.72. The fourth-order valence-electron chi connectivity index (χ4n) is 2.39. The largest absolute Gasteiger partial charge is 0.338 e. The highest BCUT2D eigenvalue weighted by atomic mass is 16.2. The van der Waals surface area contributed by atoms with Crippen molar-refractivity contribution in [2.45, 2.75) is 64.1 Å². The monoisotopic (exact) mass is 253 g/mol. The van der Waals surface area contributed by atoms with E-state index >= 15 is 0 Å². The Morgan fingerprint density at radius 2 is 1.94 bits per heavy atom. The molecule has 0 spiro atoms. The Labute approximate surface area is 108 Å². The van der Waals surface area contributed by atoms with Crippen molar-refractivity contribution in [3.63, 3.8) is 0 Å². The number of carbonyl (C=O) groups excluding carboxylic acids is 2. The molecule has 2 atom stereocenters. The molecule has 0 bridgehead atoms. The molecule has 0 aromatic carbocycles. The lowest BCUT2D eigenvalue weighted by atomic mass is 10.0. The van der Waals surface area contributed by atoms with Crippen molar-refractivity contribution >= 4 is 11.9 Å². The number of nitrogens with zero attached hydrogens (tertiary/aromatic N) is 1. The summed E-state index contributed by atoms with van der Waals surface area (Å²) in [5, 5.41) is 5.56. The van der Waals surface area contributed by atoms with Crippen LogP contribution < -0.4 is 10.6 Å². The molecule has 1 saturated heterocycles. The van der Waals surface area contributed by atoms with E-state index in [1.807, 2.05) is 4.90 Å². The predicted octanol–water partition coefficient (Wildman–Crippen LogP) is 1.24. The summed E-state index contributed by atoms with van der Waals surface area (Å²) < 4.78 is 0. The van der Waals surface area contributed by atoms with Crippen molar-refractivity contribution in [2.75, 3.05) is 6.54 Å². The third kappa shape index (κ3) is 3.37. The molecule has 2 N–H and O–H groups in total. The van der Waals surface area contributed by atoms with Gasteiger partial charge in [-0.25, -0.2) is 4.79 Å². The molecule has 3 amide bonds. The zero-order chi connectivity index (χ0) is 13.1. The fourth-order valence-corrected chi connectivity index (χ4v) is 2.39. The maximum absolute atomic E-state index is 12.2. The fraction of sp³-hybridized carbons (Fsp3) is 0.846. The van der Waals surface area contributed by atoms with Gasteiger partial charge in [0.05, 0.1) is 0 Å². The average Bonchev–Trinajstić information content (AvgIpc) is 3.12. The molecule has 2 fully saturated rings. The van der Waals surface area contributed by atoms with Crippen LogP contribution in [0.2, 0.25) is 0 Å². The standard InChI is InChI=1S/C13H23N3O2/c1-9-5-3-4-8-16(9)12(17)10(2)14-13(18)15-11-6-7-11/h9-11H,3-8H2,1-2H3,(H2,14,15,18)/t9-,10+/m1/s1. The lowest BCUT2D eigenvalue weighted by molar-refractivity contribution is -0.136. The van der Waals surface area contributed by atoms with E-state index < -0.39 is 6.04 Å². The molecule has 0 radical (unpaired) electrons. The Kier molecular flexibility index (Phi) is 4.09. The molecule has 0 unspecified atom stereocenters. The summed E-state index contributed by atoms with van der Waals surface area (Å²) >= 11 is 0. The molecular weight excluding hydrogens is 230 g/mol. The van der Waals surface area contributed by atoms with Gasteiger partial charge in [0.15, 0.2) is 0 Å². The van der Waals surface area contributed by atoms with Gasteiger partial charge in [0, 0.05) is 18.6 Å². The SMILES string of the molecule is C[C@H](NC(=O)NC1CC1)C(=O)N1CCCC[C@H]1C. The molecule has 0 aromatic rings. The quantitative estimate of drug-likeness (QED) is 0.795. The van der Waals surface area contributed by atoms with Crippen molar-refractivity contribution in [3.8, 4) is 0 Å². The Bertz CT molecular complexity index is 328. The number of piperidine rings is 1. The van der Waals surface area contributed by atoms with Gasteiger partial charge in [-0.1, -0.05) is 0 Å². The zero-order valence-electron chi connectivity index (χ0n) is 11.2. The van der Waals surface area contributed by atoms with E-state index in [0.29, 0.717) is 12.1 Å². The summed E-state index contributed by atoms with van der Waals surface area (Å²) in [6, 6.07) is -0.0458. The van der Waals surface area contributed by atoms with E-state index in [0.717, 1.165) is 32.2 Å². The average molecular weight is 253 g/mol. The molecule has 1 aliphatic heterocycles. The van der Waals surface area contributed by atoms with E-state index in [4.69, 9.17) is 0 Å². The van der Waals surface area contributed by atoms with Crippen LogP contribution in [-0.4, -0.2) is 41.5 Å². The van der Waals surface area contributed by atoms with Crippen LogP contribution in [0.5, 0.6) is 0 Å². The molecule has 2 aliphatic rings. The van der Waals surface area contributed by atoms with Gasteiger partial charge >= 0.3 is 6.03 Å².